The number of hydrogen-bond acceptors (Lipinski definition) is 7. The molecule has 0 saturated carbocycles. The predicted molar refractivity (Wildman–Crippen MR) is 137 cm³/mol. The second kappa shape index (κ2) is 9.84. The molecule has 0 bridgehead atoms. The number of nitrogens with zero attached hydrogens (tertiary/aromatic N) is 6. The summed E-state index contributed by atoms with van der Waals surface area (Å²) in [6.07, 6.45) is 3.56. The summed E-state index contributed by atoms with van der Waals surface area (Å²) < 4.78 is 8.13. The molecule has 0 fully saturated rings. The number of benzene rings is 2. The van der Waals surface area contributed by atoms with Gasteiger partial charge in [-0.2, -0.15) is 0 Å². The summed E-state index contributed by atoms with van der Waals surface area (Å²) in [4.78, 5) is 4.29. The van der Waals surface area contributed by atoms with Gasteiger partial charge >= 0.3 is 0 Å². The monoisotopic (exact) mass is 482 g/mol. The van der Waals surface area contributed by atoms with Gasteiger partial charge in [-0.3, -0.25) is 9.55 Å². The molecule has 176 valence electrons. The quantitative estimate of drug-likeness (QED) is 0.240. The van der Waals surface area contributed by atoms with E-state index in [1.807, 2.05) is 55.6 Å². The van der Waals surface area contributed by atoms with Crippen LogP contribution < -0.4 is 0 Å². The molecule has 0 saturated heterocycles. The molecule has 0 radical (unpaired) electrons. The fraction of sp³-hybridized carbons (Fsp3) is 0.222. The van der Waals surface area contributed by atoms with E-state index >= 15 is 0 Å². The van der Waals surface area contributed by atoms with Gasteiger partial charge in [0.25, 0.3) is 0 Å². The molecule has 5 rings (SSSR count). The van der Waals surface area contributed by atoms with Crippen molar-refractivity contribution in [3.05, 3.63) is 90.1 Å². The topological polar surface area (TPSA) is 82.5 Å². The average molecular weight is 483 g/mol. The van der Waals surface area contributed by atoms with Crippen LogP contribution in [-0.4, -0.2) is 29.9 Å². The largest absolute Gasteiger partial charge is 0.419 e. The van der Waals surface area contributed by atoms with E-state index < -0.39 is 0 Å². The van der Waals surface area contributed by atoms with Crippen LogP contribution in [0, 0.1) is 6.92 Å². The Balaban J connectivity index is 1.52. The third-order valence-electron chi connectivity index (χ3n) is 5.72. The molecule has 0 aliphatic carbocycles. The van der Waals surface area contributed by atoms with Crippen LogP contribution in [0.15, 0.2) is 82.6 Å². The van der Waals surface area contributed by atoms with Gasteiger partial charge in [-0.25, -0.2) is 0 Å². The summed E-state index contributed by atoms with van der Waals surface area (Å²) in [6.45, 7) is 8.46. The first kappa shape index (κ1) is 23.0. The van der Waals surface area contributed by atoms with Crippen LogP contribution in [-0.2, 0) is 0 Å². The Morgan fingerprint density at radius 3 is 2.37 bits per heavy atom. The van der Waals surface area contributed by atoms with Gasteiger partial charge in [-0.15, -0.1) is 20.4 Å². The lowest BCUT2D eigenvalue weighted by Crippen LogP contribution is -2.05. The molecule has 0 N–H and O–H groups in total. The van der Waals surface area contributed by atoms with Crippen molar-refractivity contribution in [2.75, 3.05) is 0 Å². The lowest BCUT2D eigenvalue weighted by Gasteiger charge is -2.17. The highest BCUT2D eigenvalue weighted by atomic mass is 32.2. The Hall–Kier alpha value is -3.78. The van der Waals surface area contributed by atoms with Gasteiger partial charge in [-0.05, 0) is 55.7 Å². The van der Waals surface area contributed by atoms with Gasteiger partial charge in [0, 0.05) is 23.5 Å². The van der Waals surface area contributed by atoms with Gasteiger partial charge < -0.3 is 4.42 Å². The number of thioether (sulfide) groups is 1. The molecule has 1 unspecified atom stereocenters. The van der Waals surface area contributed by atoms with Gasteiger partial charge in [0.05, 0.1) is 10.9 Å². The Morgan fingerprint density at radius 2 is 1.63 bits per heavy atom. The number of pyridine rings is 1. The van der Waals surface area contributed by atoms with Crippen LogP contribution in [0.25, 0.3) is 28.5 Å². The molecule has 7 nitrogen and oxygen atoms in total. The van der Waals surface area contributed by atoms with Gasteiger partial charge in [0.15, 0.2) is 11.0 Å². The maximum absolute atomic E-state index is 6.03. The number of rotatable bonds is 7. The molecule has 0 aliphatic rings. The third-order valence-corrected chi connectivity index (χ3v) is 6.75. The lowest BCUT2D eigenvalue weighted by molar-refractivity contribution is 0.509. The minimum atomic E-state index is -0.127. The molecule has 0 aliphatic heterocycles. The number of hydrogen-bond donors (Lipinski definition) is 0. The van der Waals surface area contributed by atoms with E-state index in [1.54, 1.807) is 6.20 Å². The van der Waals surface area contributed by atoms with Crippen LogP contribution in [0.3, 0.4) is 0 Å². The first-order valence-electron chi connectivity index (χ1n) is 11.5. The van der Waals surface area contributed by atoms with Crippen molar-refractivity contribution < 1.29 is 4.42 Å². The molecule has 5 aromatic rings. The smallest absolute Gasteiger partial charge is 0.247 e. The Labute approximate surface area is 208 Å². The Bertz CT molecular complexity index is 1430. The van der Waals surface area contributed by atoms with Crippen LogP contribution in [0.4, 0.5) is 0 Å². The normalized spacial score (nSPS) is 12.3. The van der Waals surface area contributed by atoms with E-state index in [2.05, 4.69) is 68.9 Å². The third kappa shape index (κ3) is 4.74. The molecule has 3 aromatic heterocycles. The second-order valence-corrected chi connectivity index (χ2v) is 9.98. The minimum absolute atomic E-state index is 0.127. The van der Waals surface area contributed by atoms with Crippen LogP contribution >= 0.6 is 11.8 Å². The van der Waals surface area contributed by atoms with Crippen molar-refractivity contribution in [3.8, 4) is 28.5 Å². The highest BCUT2D eigenvalue weighted by Crippen LogP contribution is 2.38. The first-order chi connectivity index (χ1) is 17.0. The fourth-order valence-corrected chi connectivity index (χ4v) is 4.74. The Kier molecular flexibility index (Phi) is 6.46. The van der Waals surface area contributed by atoms with E-state index in [9.17, 15) is 0 Å². The highest BCUT2D eigenvalue weighted by molar-refractivity contribution is 7.99. The van der Waals surface area contributed by atoms with Gasteiger partial charge in [0.1, 0.15) is 0 Å². The maximum atomic E-state index is 6.03. The molecular weight excluding hydrogens is 456 g/mol. The summed E-state index contributed by atoms with van der Waals surface area (Å²) in [5.41, 5.74) is 5.25. The van der Waals surface area contributed by atoms with Crippen molar-refractivity contribution in [1.29, 1.82) is 0 Å². The summed E-state index contributed by atoms with van der Waals surface area (Å²) in [5, 5.41) is 18.3. The molecule has 1 atom stereocenters. The Morgan fingerprint density at radius 1 is 0.829 bits per heavy atom. The first-order valence-corrected chi connectivity index (χ1v) is 12.4. The molecule has 8 heteroatoms. The molecule has 35 heavy (non-hydrogen) atoms. The van der Waals surface area contributed by atoms with E-state index in [4.69, 9.17) is 4.42 Å². The molecule has 2 aromatic carbocycles. The van der Waals surface area contributed by atoms with Crippen LogP contribution in [0.2, 0.25) is 0 Å². The maximum Gasteiger partial charge on any atom is 0.247 e. The summed E-state index contributed by atoms with van der Waals surface area (Å²) in [6, 6.07) is 20.3. The van der Waals surface area contributed by atoms with Crippen molar-refractivity contribution in [2.24, 2.45) is 0 Å². The minimum Gasteiger partial charge on any atom is -0.419 e. The number of aryl methyl sites for hydroxylation is 1. The van der Waals surface area contributed by atoms with E-state index in [0.29, 0.717) is 17.7 Å². The average Bonchev–Trinajstić information content (AvgIpc) is 3.53. The van der Waals surface area contributed by atoms with Gasteiger partial charge in [0.2, 0.25) is 11.8 Å². The van der Waals surface area contributed by atoms with E-state index in [-0.39, 0.29) is 5.25 Å². The van der Waals surface area contributed by atoms with Crippen molar-refractivity contribution >= 4 is 11.8 Å². The second-order valence-electron chi connectivity index (χ2n) is 8.67. The number of aromatic nitrogens is 6. The van der Waals surface area contributed by atoms with E-state index in [0.717, 1.165) is 27.8 Å². The SMILES string of the molecule is Cc1ccc(-c2nnc(C(C)Sc3nnc(-c4cccnc4)n3-c3ccccc3C(C)C)o2)cc1. The van der Waals surface area contributed by atoms with E-state index in [1.165, 1.54) is 22.9 Å². The summed E-state index contributed by atoms with van der Waals surface area (Å²) >= 11 is 1.54. The molecular formula is C27H26N6OS. The lowest BCUT2D eigenvalue weighted by atomic mass is 10.0. The summed E-state index contributed by atoms with van der Waals surface area (Å²) in [5.74, 6) is 2.13. The summed E-state index contributed by atoms with van der Waals surface area (Å²) in [7, 11) is 0. The number of para-hydroxylation sites is 1. The zero-order valence-corrected chi connectivity index (χ0v) is 20.9. The highest BCUT2D eigenvalue weighted by Gasteiger charge is 2.24. The predicted octanol–water partition coefficient (Wildman–Crippen LogP) is 6.66. The van der Waals surface area contributed by atoms with Crippen molar-refractivity contribution in [1.82, 2.24) is 29.9 Å². The fourth-order valence-electron chi connectivity index (χ4n) is 3.85. The van der Waals surface area contributed by atoms with Crippen LogP contribution in [0.5, 0.6) is 0 Å². The van der Waals surface area contributed by atoms with Crippen molar-refractivity contribution in [3.63, 3.8) is 0 Å². The molecule has 0 amide bonds. The van der Waals surface area contributed by atoms with Crippen molar-refractivity contribution in [2.45, 2.75) is 44.0 Å². The standard InChI is InChI=1S/C27H26N6OS/c1-17(2)22-9-5-6-10-23(22)33-24(21-8-7-15-28-16-21)29-32-27(33)35-19(4)25-30-31-26(34-25)20-13-11-18(3)12-14-20/h5-17,19H,1-4H3. The van der Waals surface area contributed by atoms with Crippen LogP contribution in [0.1, 0.15) is 49.0 Å². The zero-order chi connectivity index (χ0) is 24.4. The van der Waals surface area contributed by atoms with Gasteiger partial charge in [-0.1, -0.05) is 61.5 Å². The molecule has 3 heterocycles. The zero-order valence-electron chi connectivity index (χ0n) is 20.1. The molecule has 0 spiro atoms.